The van der Waals surface area contributed by atoms with Crippen LogP contribution in [0.25, 0.3) is 0 Å². The number of amides is 1. The molecule has 1 unspecified atom stereocenters. The molecule has 1 heterocycles. The lowest BCUT2D eigenvalue weighted by molar-refractivity contribution is -0.133. The lowest BCUT2D eigenvalue weighted by Crippen LogP contribution is -2.47. The van der Waals surface area contributed by atoms with Crippen molar-refractivity contribution in [1.82, 2.24) is 10.2 Å². The molecular weight excluding hydrogens is 192 g/mol. The second-order valence-electron chi connectivity index (χ2n) is 4.05. The summed E-state index contributed by atoms with van der Waals surface area (Å²) < 4.78 is 5.00. The van der Waals surface area contributed by atoms with Crippen LogP contribution in [0.4, 0.5) is 0 Å². The van der Waals surface area contributed by atoms with Gasteiger partial charge in [-0.15, -0.1) is 0 Å². The van der Waals surface area contributed by atoms with Gasteiger partial charge in [0.25, 0.3) is 0 Å². The lowest BCUT2D eigenvalue weighted by atomic mass is 10.2. The van der Waals surface area contributed by atoms with Crippen molar-refractivity contribution in [1.29, 1.82) is 0 Å². The van der Waals surface area contributed by atoms with Gasteiger partial charge in [-0.3, -0.25) is 4.79 Å². The van der Waals surface area contributed by atoms with Crippen LogP contribution in [0.2, 0.25) is 0 Å². The number of rotatable bonds is 4. The molecule has 1 atom stereocenters. The van der Waals surface area contributed by atoms with Gasteiger partial charge >= 0.3 is 0 Å². The second kappa shape index (κ2) is 6.80. The van der Waals surface area contributed by atoms with E-state index in [1.54, 1.807) is 7.11 Å². The molecule has 0 radical (unpaired) electrons. The van der Waals surface area contributed by atoms with E-state index in [4.69, 9.17) is 4.74 Å². The summed E-state index contributed by atoms with van der Waals surface area (Å²) in [6, 6.07) is -0.0344. The molecule has 1 aliphatic heterocycles. The Hall–Kier alpha value is -0.610. The van der Waals surface area contributed by atoms with E-state index in [0.717, 1.165) is 45.5 Å². The van der Waals surface area contributed by atoms with Gasteiger partial charge in [0.15, 0.2) is 0 Å². The fourth-order valence-electron chi connectivity index (χ4n) is 1.84. The molecule has 0 spiro atoms. The Morgan fingerprint density at radius 3 is 3.07 bits per heavy atom. The van der Waals surface area contributed by atoms with Crippen molar-refractivity contribution in [2.24, 2.45) is 0 Å². The van der Waals surface area contributed by atoms with Crippen molar-refractivity contribution >= 4 is 5.91 Å². The Morgan fingerprint density at radius 1 is 1.53 bits per heavy atom. The molecule has 1 aliphatic rings. The van der Waals surface area contributed by atoms with E-state index in [9.17, 15) is 4.79 Å². The average molecular weight is 214 g/mol. The molecule has 0 aliphatic carbocycles. The molecule has 0 bridgehead atoms. The first-order chi connectivity index (χ1) is 7.25. The zero-order valence-electron chi connectivity index (χ0n) is 9.79. The molecule has 15 heavy (non-hydrogen) atoms. The molecule has 4 nitrogen and oxygen atoms in total. The molecular formula is C11H22N2O2. The normalized spacial score (nSPS) is 23.7. The number of nitrogens with zero attached hydrogens (tertiary/aromatic N) is 1. The van der Waals surface area contributed by atoms with Crippen molar-refractivity contribution in [3.05, 3.63) is 0 Å². The molecule has 0 aromatic rings. The van der Waals surface area contributed by atoms with Crippen LogP contribution in [-0.4, -0.2) is 50.2 Å². The second-order valence-corrected chi connectivity index (χ2v) is 4.05. The smallest absolute Gasteiger partial charge is 0.239 e. The number of hydrogen-bond donors (Lipinski definition) is 1. The molecule has 1 N–H and O–H groups in total. The summed E-state index contributed by atoms with van der Waals surface area (Å²) in [6.07, 6.45) is 3.17. The highest BCUT2D eigenvalue weighted by atomic mass is 16.5. The summed E-state index contributed by atoms with van der Waals surface area (Å²) in [4.78, 5) is 13.9. The Kier molecular flexibility index (Phi) is 5.65. The van der Waals surface area contributed by atoms with Gasteiger partial charge in [-0.05, 0) is 32.7 Å². The maximum absolute atomic E-state index is 11.9. The van der Waals surface area contributed by atoms with Gasteiger partial charge in [0.1, 0.15) is 0 Å². The molecule has 88 valence electrons. The van der Waals surface area contributed by atoms with Crippen LogP contribution in [0.5, 0.6) is 0 Å². The quantitative estimate of drug-likeness (QED) is 0.698. The number of nitrogens with one attached hydrogen (secondary N) is 1. The first-order valence-corrected chi connectivity index (χ1v) is 5.77. The third-order valence-corrected chi connectivity index (χ3v) is 2.76. The predicted molar refractivity (Wildman–Crippen MR) is 59.8 cm³/mol. The fraction of sp³-hybridized carbons (Fsp3) is 0.909. The van der Waals surface area contributed by atoms with E-state index in [1.807, 2.05) is 11.8 Å². The summed E-state index contributed by atoms with van der Waals surface area (Å²) in [5, 5.41) is 3.23. The summed E-state index contributed by atoms with van der Waals surface area (Å²) in [5.74, 6) is 0.228. The van der Waals surface area contributed by atoms with E-state index in [0.29, 0.717) is 0 Å². The zero-order chi connectivity index (χ0) is 11.1. The molecule has 1 fully saturated rings. The summed E-state index contributed by atoms with van der Waals surface area (Å²) in [5.41, 5.74) is 0. The predicted octanol–water partition coefficient (Wildman–Crippen LogP) is 0.623. The number of methoxy groups -OCH3 is 1. The molecule has 1 amide bonds. The summed E-state index contributed by atoms with van der Waals surface area (Å²) >= 11 is 0. The number of hydrogen-bond acceptors (Lipinski definition) is 3. The highest BCUT2D eigenvalue weighted by Crippen LogP contribution is 2.04. The van der Waals surface area contributed by atoms with Gasteiger partial charge in [-0.1, -0.05) is 0 Å². The van der Waals surface area contributed by atoms with Crippen molar-refractivity contribution in [2.75, 3.05) is 33.4 Å². The van der Waals surface area contributed by atoms with Gasteiger partial charge in [-0.2, -0.15) is 0 Å². The third kappa shape index (κ3) is 4.18. The standard InChI is InChI=1S/C11H22N2O2/c1-10-11(14)13(8-5-9-15-2)7-4-3-6-12-10/h10,12H,3-9H2,1-2H3. The fourth-order valence-corrected chi connectivity index (χ4v) is 1.84. The molecule has 0 aromatic carbocycles. The van der Waals surface area contributed by atoms with Crippen LogP contribution in [0.3, 0.4) is 0 Å². The average Bonchev–Trinajstić information content (AvgIpc) is 2.23. The minimum Gasteiger partial charge on any atom is -0.385 e. The molecule has 0 aromatic heterocycles. The van der Waals surface area contributed by atoms with Crippen LogP contribution in [-0.2, 0) is 9.53 Å². The first kappa shape index (κ1) is 12.5. The maximum atomic E-state index is 11.9. The summed E-state index contributed by atoms with van der Waals surface area (Å²) in [6.45, 7) is 5.34. The van der Waals surface area contributed by atoms with Gasteiger partial charge < -0.3 is 15.0 Å². The van der Waals surface area contributed by atoms with Gasteiger partial charge in [-0.25, -0.2) is 0 Å². The van der Waals surface area contributed by atoms with Crippen molar-refractivity contribution < 1.29 is 9.53 Å². The number of carbonyl (C=O) groups is 1. The van der Waals surface area contributed by atoms with Crippen LogP contribution in [0.15, 0.2) is 0 Å². The maximum Gasteiger partial charge on any atom is 0.239 e. The molecule has 1 rings (SSSR count). The Balaban J connectivity index is 2.39. The van der Waals surface area contributed by atoms with Crippen LogP contribution in [0, 0.1) is 0 Å². The minimum atomic E-state index is -0.0344. The number of ether oxygens (including phenoxy) is 1. The Labute approximate surface area is 92.0 Å². The highest BCUT2D eigenvalue weighted by Gasteiger charge is 2.20. The summed E-state index contributed by atoms with van der Waals surface area (Å²) in [7, 11) is 1.69. The van der Waals surface area contributed by atoms with Gasteiger partial charge in [0.2, 0.25) is 5.91 Å². The molecule has 1 saturated heterocycles. The van der Waals surface area contributed by atoms with Crippen molar-refractivity contribution in [3.63, 3.8) is 0 Å². The molecule has 0 saturated carbocycles. The van der Waals surface area contributed by atoms with E-state index in [1.165, 1.54) is 0 Å². The highest BCUT2D eigenvalue weighted by molar-refractivity contribution is 5.81. The van der Waals surface area contributed by atoms with E-state index >= 15 is 0 Å². The van der Waals surface area contributed by atoms with Crippen molar-refractivity contribution in [2.45, 2.75) is 32.2 Å². The number of carbonyl (C=O) groups excluding carboxylic acids is 1. The Bertz CT molecular complexity index is 197. The van der Waals surface area contributed by atoms with E-state index in [-0.39, 0.29) is 11.9 Å². The van der Waals surface area contributed by atoms with Crippen LogP contribution < -0.4 is 5.32 Å². The van der Waals surface area contributed by atoms with E-state index in [2.05, 4.69) is 5.32 Å². The lowest BCUT2D eigenvalue weighted by Gasteiger charge is -2.28. The van der Waals surface area contributed by atoms with Crippen molar-refractivity contribution in [3.8, 4) is 0 Å². The minimum absolute atomic E-state index is 0.0344. The third-order valence-electron chi connectivity index (χ3n) is 2.76. The first-order valence-electron chi connectivity index (χ1n) is 5.77. The largest absolute Gasteiger partial charge is 0.385 e. The van der Waals surface area contributed by atoms with Crippen LogP contribution >= 0.6 is 0 Å². The SMILES string of the molecule is COCCCN1CCCCNC(C)C1=O. The van der Waals surface area contributed by atoms with Gasteiger partial charge in [0.05, 0.1) is 6.04 Å². The Morgan fingerprint density at radius 2 is 2.33 bits per heavy atom. The van der Waals surface area contributed by atoms with Gasteiger partial charge in [0, 0.05) is 26.8 Å². The van der Waals surface area contributed by atoms with Crippen LogP contribution in [0.1, 0.15) is 26.2 Å². The topological polar surface area (TPSA) is 41.6 Å². The zero-order valence-corrected chi connectivity index (χ0v) is 9.79. The molecule has 4 heteroatoms. The monoisotopic (exact) mass is 214 g/mol. The van der Waals surface area contributed by atoms with E-state index < -0.39 is 0 Å².